The number of nitrogens with zero attached hydrogens (tertiary/aromatic N) is 2. The van der Waals surface area contributed by atoms with E-state index in [-0.39, 0.29) is 0 Å². The van der Waals surface area contributed by atoms with E-state index in [1.54, 1.807) is 19.5 Å². The summed E-state index contributed by atoms with van der Waals surface area (Å²) in [4.78, 5) is 6.28. The van der Waals surface area contributed by atoms with E-state index in [0.717, 1.165) is 11.3 Å². The molecule has 6 nitrogen and oxygen atoms in total. The number of hydrogen-bond acceptors (Lipinski definition) is 6. The molecule has 0 bridgehead atoms. The summed E-state index contributed by atoms with van der Waals surface area (Å²) >= 11 is 0. The molecule has 1 aromatic heterocycles. The van der Waals surface area contributed by atoms with Gasteiger partial charge in [-0.2, -0.15) is 0 Å². The summed E-state index contributed by atoms with van der Waals surface area (Å²) in [6.07, 6.45) is 4.94. The van der Waals surface area contributed by atoms with Gasteiger partial charge in [0.1, 0.15) is 0 Å². The van der Waals surface area contributed by atoms with Gasteiger partial charge in [-0.3, -0.25) is 4.98 Å². The molecule has 3 N–H and O–H groups in total. The van der Waals surface area contributed by atoms with Crippen molar-refractivity contribution < 1.29 is 20.1 Å². The van der Waals surface area contributed by atoms with Crippen molar-refractivity contribution in [2.24, 2.45) is 5.92 Å². The lowest BCUT2D eigenvalue weighted by Gasteiger charge is -2.50. The molecule has 2 fully saturated rings. The number of aromatic nitrogens is 1. The monoisotopic (exact) mass is 376 g/mol. The van der Waals surface area contributed by atoms with Crippen LogP contribution in [0.4, 0.5) is 5.69 Å². The van der Waals surface area contributed by atoms with Crippen LogP contribution in [0.2, 0.25) is 0 Å². The van der Waals surface area contributed by atoms with Crippen molar-refractivity contribution in [1.29, 1.82) is 0 Å². The van der Waals surface area contributed by atoms with E-state index in [2.05, 4.69) is 9.88 Å². The number of ether oxygens (including phenoxy) is 1. The number of rotatable bonds is 5. The average Bonchev–Trinajstić information content (AvgIpc) is 2.90. The Morgan fingerprint density at radius 2 is 2.22 bits per heavy atom. The van der Waals surface area contributed by atoms with E-state index in [1.807, 2.05) is 39.0 Å². The molecule has 6 atom stereocenters. The molecule has 0 radical (unpaired) electrons. The number of aliphatic hydroxyl groups excluding tert-OH is 2. The first-order valence-electron chi connectivity index (χ1n) is 9.66. The van der Waals surface area contributed by atoms with Crippen LogP contribution in [0, 0.1) is 5.92 Å². The van der Waals surface area contributed by atoms with Crippen molar-refractivity contribution >= 4 is 5.69 Å². The Labute approximate surface area is 161 Å². The lowest BCUT2D eigenvalue weighted by molar-refractivity contribution is -0.164. The standard InChI is InChI=1S/C21H32N2O4/c1-14(2)7-8-17(25)20(3)19-18(27-4)16(24)9-10-21(19,26)13-23(20)15-6-5-11-22-12-15/h5-7,11-12,16-19,24-26H,8-10,13H2,1-4H3/t16-,17-,18-,19-,20-,21+/m1/s1. The Morgan fingerprint density at radius 3 is 2.81 bits per heavy atom. The van der Waals surface area contributed by atoms with Crippen molar-refractivity contribution in [1.82, 2.24) is 4.98 Å². The SMILES string of the molecule is CO[C@@H]1[C@H](O)CC[C@]2(O)CN(c3cccnc3)[C@](C)([C@H](O)CC=C(C)C)[C@@H]12. The van der Waals surface area contributed by atoms with Crippen LogP contribution >= 0.6 is 0 Å². The Morgan fingerprint density at radius 1 is 1.48 bits per heavy atom. The predicted octanol–water partition coefficient (Wildman–Crippen LogP) is 1.89. The van der Waals surface area contributed by atoms with Crippen LogP contribution in [-0.2, 0) is 4.74 Å². The van der Waals surface area contributed by atoms with Crippen LogP contribution in [0.1, 0.15) is 40.0 Å². The molecule has 1 aliphatic carbocycles. The quantitative estimate of drug-likeness (QED) is 0.681. The number of allylic oxidation sites excluding steroid dienone is 1. The van der Waals surface area contributed by atoms with Crippen LogP contribution in [0.5, 0.6) is 0 Å². The van der Waals surface area contributed by atoms with Crippen LogP contribution in [0.15, 0.2) is 36.2 Å². The van der Waals surface area contributed by atoms with Crippen molar-refractivity contribution in [2.75, 3.05) is 18.6 Å². The van der Waals surface area contributed by atoms with Gasteiger partial charge in [0.2, 0.25) is 0 Å². The molecule has 27 heavy (non-hydrogen) atoms. The Bertz CT molecular complexity index is 678. The minimum Gasteiger partial charge on any atom is -0.390 e. The number of pyridine rings is 1. The molecule has 0 amide bonds. The highest BCUT2D eigenvalue weighted by Crippen LogP contribution is 2.53. The fourth-order valence-electron chi connectivity index (χ4n) is 5.06. The van der Waals surface area contributed by atoms with E-state index in [4.69, 9.17) is 4.74 Å². The fraction of sp³-hybridized carbons (Fsp3) is 0.667. The Hall–Kier alpha value is -1.47. The van der Waals surface area contributed by atoms with Gasteiger partial charge in [-0.1, -0.05) is 11.6 Å². The van der Waals surface area contributed by atoms with Crippen molar-refractivity contribution in [3.05, 3.63) is 36.2 Å². The van der Waals surface area contributed by atoms with Gasteiger partial charge in [0, 0.05) is 25.8 Å². The molecule has 1 saturated carbocycles. The lowest BCUT2D eigenvalue weighted by atomic mass is 9.65. The Balaban J connectivity index is 2.10. The number of methoxy groups -OCH3 is 1. The highest BCUT2D eigenvalue weighted by molar-refractivity contribution is 5.52. The maximum absolute atomic E-state index is 11.5. The smallest absolute Gasteiger partial charge is 0.0909 e. The molecule has 2 heterocycles. The van der Waals surface area contributed by atoms with Gasteiger partial charge in [0.15, 0.2) is 0 Å². The maximum atomic E-state index is 11.5. The molecule has 0 aromatic carbocycles. The molecule has 1 aliphatic heterocycles. The number of aliphatic hydroxyl groups is 3. The zero-order chi connectivity index (χ0) is 19.8. The summed E-state index contributed by atoms with van der Waals surface area (Å²) in [5.41, 5.74) is 0.122. The van der Waals surface area contributed by atoms with E-state index >= 15 is 0 Å². The third-order valence-corrected chi connectivity index (χ3v) is 6.46. The van der Waals surface area contributed by atoms with Gasteiger partial charge in [0.05, 0.1) is 41.3 Å². The predicted molar refractivity (Wildman–Crippen MR) is 105 cm³/mol. The van der Waals surface area contributed by atoms with Crippen molar-refractivity contribution in [3.8, 4) is 0 Å². The van der Waals surface area contributed by atoms with Crippen LogP contribution in [0.3, 0.4) is 0 Å². The minimum atomic E-state index is -1.05. The lowest BCUT2D eigenvalue weighted by Crippen LogP contribution is -2.63. The second-order valence-corrected chi connectivity index (χ2v) is 8.44. The summed E-state index contributed by atoms with van der Waals surface area (Å²) in [7, 11) is 1.56. The molecule has 1 saturated heterocycles. The molecular formula is C21H32N2O4. The van der Waals surface area contributed by atoms with Crippen LogP contribution in [0.25, 0.3) is 0 Å². The first-order chi connectivity index (χ1) is 12.7. The van der Waals surface area contributed by atoms with Crippen molar-refractivity contribution in [2.45, 2.75) is 69.5 Å². The van der Waals surface area contributed by atoms with Gasteiger partial charge < -0.3 is 25.0 Å². The molecule has 0 spiro atoms. The highest BCUT2D eigenvalue weighted by Gasteiger charge is 2.66. The van der Waals surface area contributed by atoms with E-state index in [9.17, 15) is 15.3 Å². The first kappa shape index (κ1) is 20.3. The van der Waals surface area contributed by atoms with Gasteiger partial charge in [-0.15, -0.1) is 0 Å². The molecular weight excluding hydrogens is 344 g/mol. The normalized spacial score (nSPS) is 37.0. The Kier molecular flexibility index (Phi) is 5.64. The number of anilines is 1. The average molecular weight is 376 g/mol. The molecule has 0 unspecified atom stereocenters. The van der Waals surface area contributed by atoms with E-state index in [0.29, 0.717) is 25.8 Å². The summed E-state index contributed by atoms with van der Waals surface area (Å²) in [6.45, 7) is 6.34. The molecule has 1 aromatic rings. The van der Waals surface area contributed by atoms with Gasteiger partial charge in [0.25, 0.3) is 0 Å². The fourth-order valence-corrected chi connectivity index (χ4v) is 5.06. The summed E-state index contributed by atoms with van der Waals surface area (Å²) in [5.74, 6) is -0.431. The van der Waals surface area contributed by atoms with Gasteiger partial charge in [-0.05, 0) is 52.2 Å². The number of β-amino-alcohol motifs (C(OH)–C–C–N with tert-alkyl or cyclic N) is 1. The summed E-state index contributed by atoms with van der Waals surface area (Å²) in [5, 5.41) is 33.4. The van der Waals surface area contributed by atoms with Crippen LogP contribution < -0.4 is 4.90 Å². The molecule has 150 valence electrons. The molecule has 2 aliphatic rings. The zero-order valence-electron chi connectivity index (χ0n) is 16.7. The highest BCUT2D eigenvalue weighted by atomic mass is 16.5. The topological polar surface area (TPSA) is 86.0 Å². The number of hydrogen-bond donors (Lipinski definition) is 3. The zero-order valence-corrected chi connectivity index (χ0v) is 16.7. The summed E-state index contributed by atoms with van der Waals surface area (Å²) in [6, 6.07) is 3.80. The van der Waals surface area contributed by atoms with Crippen molar-refractivity contribution in [3.63, 3.8) is 0 Å². The minimum absolute atomic E-state index is 0.373. The second-order valence-electron chi connectivity index (χ2n) is 8.44. The second kappa shape index (κ2) is 7.51. The molecule has 3 rings (SSSR count). The maximum Gasteiger partial charge on any atom is 0.0909 e. The first-order valence-corrected chi connectivity index (χ1v) is 9.66. The summed E-state index contributed by atoms with van der Waals surface area (Å²) < 4.78 is 5.66. The van der Waals surface area contributed by atoms with E-state index < -0.39 is 35.4 Å². The number of fused-ring (bicyclic) bond motifs is 1. The van der Waals surface area contributed by atoms with Gasteiger partial charge >= 0.3 is 0 Å². The van der Waals surface area contributed by atoms with Gasteiger partial charge in [-0.25, -0.2) is 0 Å². The largest absolute Gasteiger partial charge is 0.390 e. The van der Waals surface area contributed by atoms with E-state index in [1.165, 1.54) is 0 Å². The third kappa shape index (κ3) is 3.40. The third-order valence-electron chi connectivity index (χ3n) is 6.46. The van der Waals surface area contributed by atoms with Crippen LogP contribution in [-0.4, -0.2) is 63.4 Å². The molecule has 6 heteroatoms.